The second-order valence-corrected chi connectivity index (χ2v) is 6.21. The number of primary amides is 1. The number of anilines is 1. The first-order valence-corrected chi connectivity index (χ1v) is 8.57. The van der Waals surface area contributed by atoms with Crippen molar-refractivity contribution in [3.63, 3.8) is 0 Å². The molecule has 0 spiro atoms. The third-order valence-electron chi connectivity index (χ3n) is 4.48. The number of benzene rings is 1. The molecule has 4 N–H and O–H groups in total. The summed E-state index contributed by atoms with van der Waals surface area (Å²) in [5.74, 6) is -0.258. The van der Waals surface area contributed by atoms with Gasteiger partial charge in [0.25, 0.3) is 0 Å². The van der Waals surface area contributed by atoms with Crippen molar-refractivity contribution in [2.24, 2.45) is 5.73 Å². The summed E-state index contributed by atoms with van der Waals surface area (Å²) >= 11 is 0. The Morgan fingerprint density at radius 2 is 2.12 bits per heavy atom. The Kier molecular flexibility index (Phi) is 5.45. The van der Waals surface area contributed by atoms with Gasteiger partial charge in [-0.25, -0.2) is 4.79 Å². The van der Waals surface area contributed by atoms with Crippen LogP contribution in [-0.4, -0.2) is 47.5 Å². The third kappa shape index (κ3) is 4.24. The quantitative estimate of drug-likeness (QED) is 0.696. The zero-order valence-electron chi connectivity index (χ0n) is 14.1. The molecule has 1 fully saturated rings. The number of likely N-dealkylation sites (tertiary alicyclic amines) is 1. The largest absolute Gasteiger partial charge is 0.368 e. The van der Waals surface area contributed by atoms with Crippen LogP contribution in [0.25, 0.3) is 10.9 Å². The van der Waals surface area contributed by atoms with Crippen LogP contribution in [0.3, 0.4) is 0 Å². The van der Waals surface area contributed by atoms with Gasteiger partial charge in [0.05, 0.1) is 17.2 Å². The molecular weight excluding hydrogens is 318 g/mol. The number of carbonyl (C=O) groups excluding carboxylic acids is 2. The van der Waals surface area contributed by atoms with E-state index in [9.17, 15) is 9.59 Å². The lowest BCUT2D eigenvalue weighted by Crippen LogP contribution is -2.41. The Morgan fingerprint density at radius 3 is 2.96 bits per heavy atom. The molecule has 1 aromatic heterocycles. The van der Waals surface area contributed by atoms with Crippen LogP contribution in [0.2, 0.25) is 0 Å². The SMILES string of the molecule is NC(=O)[C@H]1CCCN1CCCNC(=O)Nc1cccc2cccnc12. The lowest BCUT2D eigenvalue weighted by Gasteiger charge is -2.21. The van der Waals surface area contributed by atoms with Gasteiger partial charge in [-0.1, -0.05) is 18.2 Å². The Morgan fingerprint density at radius 1 is 1.28 bits per heavy atom. The van der Waals surface area contributed by atoms with Crippen molar-refractivity contribution in [2.75, 3.05) is 25.0 Å². The predicted octanol–water partition coefficient (Wildman–Crippen LogP) is 1.70. The molecule has 3 rings (SSSR count). The average Bonchev–Trinajstić information content (AvgIpc) is 3.08. The fourth-order valence-electron chi connectivity index (χ4n) is 3.27. The summed E-state index contributed by atoms with van der Waals surface area (Å²) in [6, 6.07) is 9.08. The molecule has 7 nitrogen and oxygen atoms in total. The van der Waals surface area contributed by atoms with Gasteiger partial charge in [-0.15, -0.1) is 0 Å². The lowest BCUT2D eigenvalue weighted by atomic mass is 10.2. The monoisotopic (exact) mass is 341 g/mol. The van der Waals surface area contributed by atoms with Crippen molar-refractivity contribution in [3.8, 4) is 0 Å². The van der Waals surface area contributed by atoms with Gasteiger partial charge in [-0.05, 0) is 37.9 Å². The van der Waals surface area contributed by atoms with Gasteiger partial charge in [-0.3, -0.25) is 14.7 Å². The molecule has 0 radical (unpaired) electrons. The minimum absolute atomic E-state index is 0.157. The molecule has 1 saturated heterocycles. The number of fused-ring (bicyclic) bond motifs is 1. The summed E-state index contributed by atoms with van der Waals surface area (Å²) in [5.41, 5.74) is 6.86. The number of pyridine rings is 1. The first kappa shape index (κ1) is 17.2. The summed E-state index contributed by atoms with van der Waals surface area (Å²) < 4.78 is 0. The number of para-hydroxylation sites is 1. The van der Waals surface area contributed by atoms with E-state index in [0.717, 1.165) is 43.3 Å². The van der Waals surface area contributed by atoms with Crippen LogP contribution in [0.4, 0.5) is 10.5 Å². The van der Waals surface area contributed by atoms with E-state index < -0.39 is 0 Å². The van der Waals surface area contributed by atoms with E-state index in [4.69, 9.17) is 5.73 Å². The van der Waals surface area contributed by atoms with Crippen molar-refractivity contribution in [2.45, 2.75) is 25.3 Å². The highest BCUT2D eigenvalue weighted by Crippen LogP contribution is 2.20. The minimum Gasteiger partial charge on any atom is -0.368 e. The van der Waals surface area contributed by atoms with E-state index in [2.05, 4.69) is 20.5 Å². The van der Waals surface area contributed by atoms with Crippen molar-refractivity contribution in [3.05, 3.63) is 36.5 Å². The summed E-state index contributed by atoms with van der Waals surface area (Å²) in [4.78, 5) is 29.9. The Bertz CT molecular complexity index is 759. The molecule has 1 atom stereocenters. The minimum atomic E-state index is -0.258. The molecule has 2 aromatic rings. The standard InChI is InChI=1S/C18H23N5O2/c19-17(24)15-8-3-11-23(15)12-4-10-21-18(25)22-14-7-1-5-13-6-2-9-20-16(13)14/h1-2,5-7,9,15H,3-4,8,10-12H2,(H2,19,24)(H2,21,22,25)/t15-/m1/s1. The number of nitrogens with one attached hydrogen (secondary N) is 2. The molecule has 132 valence electrons. The van der Waals surface area contributed by atoms with Crippen LogP contribution in [0.5, 0.6) is 0 Å². The topological polar surface area (TPSA) is 100 Å². The van der Waals surface area contributed by atoms with E-state index in [-0.39, 0.29) is 18.0 Å². The number of nitrogens with two attached hydrogens (primary N) is 1. The predicted molar refractivity (Wildman–Crippen MR) is 97.2 cm³/mol. The smallest absolute Gasteiger partial charge is 0.319 e. The zero-order valence-corrected chi connectivity index (χ0v) is 14.1. The number of carbonyl (C=O) groups is 2. The maximum absolute atomic E-state index is 12.1. The van der Waals surface area contributed by atoms with Crippen molar-refractivity contribution in [1.29, 1.82) is 0 Å². The molecule has 3 amide bonds. The van der Waals surface area contributed by atoms with Gasteiger partial charge >= 0.3 is 6.03 Å². The van der Waals surface area contributed by atoms with Gasteiger partial charge in [0.15, 0.2) is 0 Å². The number of amides is 3. The number of nitrogens with zero attached hydrogens (tertiary/aromatic N) is 2. The Hall–Kier alpha value is -2.67. The molecular formula is C18H23N5O2. The van der Waals surface area contributed by atoms with Crippen LogP contribution in [0.1, 0.15) is 19.3 Å². The molecule has 2 heterocycles. The molecule has 0 unspecified atom stereocenters. The average molecular weight is 341 g/mol. The number of hydrogen-bond donors (Lipinski definition) is 3. The summed E-state index contributed by atoms with van der Waals surface area (Å²) in [7, 11) is 0. The zero-order chi connectivity index (χ0) is 17.6. The number of rotatable bonds is 6. The van der Waals surface area contributed by atoms with E-state index in [1.807, 2.05) is 30.3 Å². The molecule has 0 bridgehead atoms. The Labute approximate surface area is 146 Å². The molecule has 0 saturated carbocycles. The van der Waals surface area contributed by atoms with Crippen molar-refractivity contribution >= 4 is 28.5 Å². The number of aromatic nitrogens is 1. The van der Waals surface area contributed by atoms with Gasteiger partial charge < -0.3 is 16.4 Å². The highest BCUT2D eigenvalue weighted by atomic mass is 16.2. The first-order chi connectivity index (χ1) is 12.1. The highest BCUT2D eigenvalue weighted by molar-refractivity contribution is 5.99. The van der Waals surface area contributed by atoms with Gasteiger partial charge in [-0.2, -0.15) is 0 Å². The molecule has 0 aliphatic carbocycles. The van der Waals surface area contributed by atoms with E-state index in [1.165, 1.54) is 0 Å². The molecule has 1 aliphatic rings. The van der Waals surface area contributed by atoms with Crippen molar-refractivity contribution < 1.29 is 9.59 Å². The second kappa shape index (κ2) is 7.94. The number of urea groups is 1. The lowest BCUT2D eigenvalue weighted by molar-refractivity contribution is -0.122. The normalized spacial score (nSPS) is 17.5. The maximum atomic E-state index is 12.1. The fourth-order valence-corrected chi connectivity index (χ4v) is 3.27. The summed E-state index contributed by atoms with van der Waals surface area (Å²) in [5, 5.41) is 6.66. The van der Waals surface area contributed by atoms with Gasteiger partial charge in [0, 0.05) is 24.7 Å². The molecule has 7 heteroatoms. The van der Waals surface area contributed by atoms with Gasteiger partial charge in [0.2, 0.25) is 5.91 Å². The Balaban J connectivity index is 1.46. The molecule has 25 heavy (non-hydrogen) atoms. The van der Waals surface area contributed by atoms with E-state index >= 15 is 0 Å². The summed E-state index contributed by atoms with van der Waals surface area (Å²) in [6.45, 7) is 2.18. The number of hydrogen-bond acceptors (Lipinski definition) is 4. The third-order valence-corrected chi connectivity index (χ3v) is 4.48. The maximum Gasteiger partial charge on any atom is 0.319 e. The highest BCUT2D eigenvalue weighted by Gasteiger charge is 2.28. The van der Waals surface area contributed by atoms with Gasteiger partial charge in [0.1, 0.15) is 0 Å². The van der Waals surface area contributed by atoms with Crippen LogP contribution >= 0.6 is 0 Å². The van der Waals surface area contributed by atoms with E-state index in [0.29, 0.717) is 12.2 Å². The second-order valence-electron chi connectivity index (χ2n) is 6.21. The fraction of sp³-hybridized carbons (Fsp3) is 0.389. The summed E-state index contributed by atoms with van der Waals surface area (Å²) in [6.07, 6.45) is 4.30. The molecule has 1 aliphatic heterocycles. The van der Waals surface area contributed by atoms with Crippen LogP contribution < -0.4 is 16.4 Å². The van der Waals surface area contributed by atoms with Crippen molar-refractivity contribution in [1.82, 2.24) is 15.2 Å². The molecule has 1 aromatic carbocycles. The van der Waals surface area contributed by atoms with Crippen LogP contribution in [0, 0.1) is 0 Å². The first-order valence-electron chi connectivity index (χ1n) is 8.57. The van der Waals surface area contributed by atoms with Crippen LogP contribution in [-0.2, 0) is 4.79 Å². The van der Waals surface area contributed by atoms with Crippen LogP contribution in [0.15, 0.2) is 36.5 Å². The van der Waals surface area contributed by atoms with E-state index in [1.54, 1.807) is 6.20 Å².